The van der Waals surface area contributed by atoms with E-state index in [9.17, 15) is 19.2 Å². The number of amides is 4. The fourth-order valence-corrected chi connectivity index (χ4v) is 11.0. The topological polar surface area (TPSA) is 175 Å². The van der Waals surface area contributed by atoms with E-state index in [1.54, 1.807) is 0 Å². The van der Waals surface area contributed by atoms with Gasteiger partial charge in [-0.05, 0) is 86.0 Å². The van der Waals surface area contributed by atoms with Gasteiger partial charge in [-0.15, -0.1) is 0 Å². The van der Waals surface area contributed by atoms with E-state index in [1.165, 1.54) is 14.2 Å². The molecule has 2 aromatic heterocycles. The highest BCUT2D eigenvalue weighted by molar-refractivity contribution is 5.83. The Bertz CT molecular complexity index is 2180. The summed E-state index contributed by atoms with van der Waals surface area (Å²) in [7, 11) is 2.71. The van der Waals surface area contributed by atoms with Gasteiger partial charge in [0.15, 0.2) is 0 Å². The van der Waals surface area contributed by atoms with Gasteiger partial charge in [-0.25, -0.2) is 19.6 Å². The van der Waals surface area contributed by atoms with Crippen molar-refractivity contribution in [2.24, 2.45) is 17.8 Å². The lowest BCUT2D eigenvalue weighted by Gasteiger charge is -2.40. The molecule has 14 nitrogen and oxygen atoms in total. The summed E-state index contributed by atoms with van der Waals surface area (Å²) in [5.41, 5.74) is 6.02. The van der Waals surface area contributed by atoms with Gasteiger partial charge in [0.05, 0.1) is 61.9 Å². The maximum Gasteiger partial charge on any atom is 0.407 e. The van der Waals surface area contributed by atoms with E-state index in [4.69, 9.17) is 19.4 Å². The summed E-state index contributed by atoms with van der Waals surface area (Å²) in [4.78, 5) is 73.1. The number of aromatic amines is 2. The van der Waals surface area contributed by atoms with Crippen molar-refractivity contribution in [2.75, 3.05) is 20.8 Å². The Hall–Kier alpha value is -5.66. The van der Waals surface area contributed by atoms with Gasteiger partial charge < -0.3 is 39.9 Å². The first-order chi connectivity index (χ1) is 29.3. The first-order valence-electron chi connectivity index (χ1n) is 21.9. The van der Waals surface area contributed by atoms with Crippen molar-refractivity contribution in [2.45, 2.75) is 114 Å². The Morgan fingerprint density at radius 3 is 1.72 bits per heavy atom. The number of nitrogens with one attached hydrogen (secondary N) is 4. The van der Waals surface area contributed by atoms with Gasteiger partial charge in [0.1, 0.15) is 11.6 Å². The normalized spacial score (nSPS) is 27.4. The Kier molecular flexibility index (Phi) is 11.4. The van der Waals surface area contributed by atoms with Crippen LogP contribution in [0.1, 0.15) is 107 Å². The summed E-state index contributed by atoms with van der Waals surface area (Å²) in [6, 6.07) is 16.4. The summed E-state index contributed by atoms with van der Waals surface area (Å²) in [6.45, 7) is 0.677. The molecule has 2 saturated heterocycles. The van der Waals surface area contributed by atoms with Gasteiger partial charge in [0, 0.05) is 24.7 Å². The van der Waals surface area contributed by atoms with Crippen LogP contribution < -0.4 is 10.6 Å². The third-order valence-electron chi connectivity index (χ3n) is 14.0. The predicted molar refractivity (Wildman–Crippen MR) is 224 cm³/mol. The summed E-state index contributed by atoms with van der Waals surface area (Å²) >= 11 is 0. The molecule has 3 aliphatic carbocycles. The number of methoxy groups -OCH3 is 2. The Morgan fingerprint density at radius 1 is 0.617 bits per heavy atom. The highest BCUT2D eigenvalue weighted by atomic mass is 16.5. The molecule has 4 aromatic rings. The number of carbonyl (C=O) groups excluding carboxylic acids is 4. The number of nitrogens with zero attached hydrogens (tertiary/aromatic N) is 4. The van der Waals surface area contributed by atoms with Crippen LogP contribution in [0.3, 0.4) is 0 Å². The molecule has 0 radical (unpaired) electrons. The number of likely N-dealkylation sites (tertiary alicyclic amines) is 2. The molecule has 4 N–H and O–H groups in total. The fraction of sp³-hybridized carbons (Fsp3) is 0.522. The van der Waals surface area contributed by atoms with Crippen molar-refractivity contribution in [3.05, 3.63) is 72.6 Å². The summed E-state index contributed by atoms with van der Waals surface area (Å²) in [5, 5.41) is 5.85. The van der Waals surface area contributed by atoms with Crippen LogP contribution in [0, 0.1) is 17.8 Å². The minimum absolute atomic E-state index is 0.0827. The van der Waals surface area contributed by atoms with Gasteiger partial charge in [0.25, 0.3) is 0 Å². The van der Waals surface area contributed by atoms with E-state index >= 15 is 0 Å². The number of H-pyrrole nitrogens is 2. The van der Waals surface area contributed by atoms with Crippen LogP contribution in [0.15, 0.2) is 60.9 Å². The highest BCUT2D eigenvalue weighted by Gasteiger charge is 2.52. The van der Waals surface area contributed by atoms with E-state index in [0.717, 1.165) is 129 Å². The maximum atomic E-state index is 14.2. The van der Waals surface area contributed by atoms with Crippen molar-refractivity contribution >= 4 is 24.0 Å². The molecule has 3 saturated carbocycles. The Balaban J connectivity index is 0.853. The molecule has 0 spiro atoms. The molecule has 2 aromatic carbocycles. The molecule has 5 fully saturated rings. The van der Waals surface area contributed by atoms with Crippen LogP contribution in [0.25, 0.3) is 33.6 Å². The molecule has 2 bridgehead atoms. The van der Waals surface area contributed by atoms with Crippen LogP contribution in [0.5, 0.6) is 0 Å². The molecule has 316 valence electrons. The minimum Gasteiger partial charge on any atom is -0.453 e. The van der Waals surface area contributed by atoms with Gasteiger partial charge in [-0.1, -0.05) is 74.2 Å². The van der Waals surface area contributed by atoms with Crippen LogP contribution >= 0.6 is 0 Å². The maximum absolute atomic E-state index is 14.2. The average Bonchev–Trinajstić information content (AvgIpc) is 4.15. The summed E-state index contributed by atoms with van der Waals surface area (Å²) in [6.07, 6.45) is 14.6. The predicted octanol–water partition coefficient (Wildman–Crippen LogP) is 7.68. The molecule has 60 heavy (non-hydrogen) atoms. The monoisotopic (exact) mass is 816 g/mol. The number of aromatic nitrogens is 4. The molecule has 0 unspecified atom stereocenters. The van der Waals surface area contributed by atoms with Crippen LogP contribution in [0.2, 0.25) is 0 Å². The van der Waals surface area contributed by atoms with Gasteiger partial charge in [0.2, 0.25) is 11.8 Å². The lowest BCUT2D eigenvalue weighted by atomic mass is 9.82. The SMILES string of the molecule is COC(=O)N[C@H]1CCCC[C@H]1C(=O)N1[C@H]2CC[C@@H](C2)[C@@H]1c1ncc(-c2ccc(-c3ccc(-c4cnc([C@@H]5CCCN5C(=O)[C@H]5CCCC[C@H]5NC(=O)OC)[nH]4)cc3)cc2)[nH]1. The third kappa shape index (κ3) is 7.76. The quantitative estimate of drug-likeness (QED) is 0.133. The Labute approximate surface area is 350 Å². The standard InChI is InChI=1S/C46H56N8O6/c1-59-45(57)51-35-10-5-3-8-33(35)43(55)53-23-7-12-39(53)41-47-25-37(49-41)29-17-13-27(14-18-29)28-15-19-30(20-16-28)38-26-48-42(50-38)40-31-21-22-32(24-31)54(40)44(56)34-9-4-6-11-36(34)52-46(58)60-2/h13-20,25-26,31-36,39-40H,3-12,21-24H2,1-2H3,(H,47,49)(H,48,50)(H,51,57)(H,52,58)/t31-,32-,33-,34+,35+,36-,39-,40+/m0/s1. The molecular weight excluding hydrogens is 761 g/mol. The van der Waals surface area contributed by atoms with E-state index in [-0.39, 0.29) is 53.9 Å². The van der Waals surface area contributed by atoms with E-state index in [1.807, 2.05) is 17.3 Å². The van der Waals surface area contributed by atoms with Gasteiger partial charge in [-0.2, -0.15) is 0 Å². The minimum atomic E-state index is -0.490. The fourth-order valence-electron chi connectivity index (χ4n) is 11.0. The van der Waals surface area contributed by atoms with E-state index in [2.05, 4.69) is 74.0 Å². The smallest absolute Gasteiger partial charge is 0.407 e. The second-order valence-corrected chi connectivity index (χ2v) is 17.4. The van der Waals surface area contributed by atoms with E-state index in [0.29, 0.717) is 12.5 Å². The number of piperidine rings is 1. The first-order valence-corrected chi connectivity index (χ1v) is 21.9. The number of hydrogen-bond donors (Lipinski definition) is 4. The highest BCUT2D eigenvalue weighted by Crippen LogP contribution is 2.51. The number of fused-ring (bicyclic) bond motifs is 2. The molecule has 14 heteroatoms. The summed E-state index contributed by atoms with van der Waals surface area (Å²) in [5.74, 6) is 1.68. The largest absolute Gasteiger partial charge is 0.453 e. The molecule has 4 amide bonds. The number of benzene rings is 2. The lowest BCUT2D eigenvalue weighted by Crippen LogP contribution is -2.52. The lowest BCUT2D eigenvalue weighted by molar-refractivity contribution is -0.142. The second-order valence-electron chi connectivity index (χ2n) is 17.4. The number of rotatable bonds is 9. The van der Waals surface area contributed by atoms with Crippen molar-refractivity contribution in [1.82, 2.24) is 40.4 Å². The molecule has 8 atom stereocenters. The first kappa shape index (κ1) is 39.8. The number of alkyl carbamates (subject to hydrolysis) is 2. The van der Waals surface area contributed by atoms with Crippen molar-refractivity contribution in [3.63, 3.8) is 0 Å². The number of ether oxygens (including phenoxy) is 2. The van der Waals surface area contributed by atoms with E-state index < -0.39 is 12.2 Å². The van der Waals surface area contributed by atoms with Gasteiger partial charge >= 0.3 is 12.2 Å². The van der Waals surface area contributed by atoms with Crippen molar-refractivity contribution in [3.8, 4) is 33.6 Å². The van der Waals surface area contributed by atoms with Crippen LogP contribution in [0.4, 0.5) is 9.59 Å². The number of imidazole rings is 2. The molecule has 4 heterocycles. The zero-order valence-electron chi connectivity index (χ0n) is 34.5. The van der Waals surface area contributed by atoms with Crippen molar-refractivity contribution < 1.29 is 28.7 Å². The zero-order valence-corrected chi connectivity index (χ0v) is 34.5. The van der Waals surface area contributed by atoms with Crippen LogP contribution in [-0.4, -0.2) is 92.6 Å². The van der Waals surface area contributed by atoms with Crippen molar-refractivity contribution in [1.29, 1.82) is 0 Å². The Morgan fingerprint density at radius 2 is 1.13 bits per heavy atom. The molecular formula is C46H56N8O6. The third-order valence-corrected chi connectivity index (χ3v) is 14.0. The zero-order chi connectivity index (χ0) is 41.3. The molecule has 9 rings (SSSR count). The number of carbonyl (C=O) groups is 4. The second kappa shape index (κ2) is 17.1. The van der Waals surface area contributed by atoms with Crippen LogP contribution in [-0.2, 0) is 19.1 Å². The van der Waals surface area contributed by atoms with Gasteiger partial charge in [-0.3, -0.25) is 9.59 Å². The molecule has 5 aliphatic rings. The molecule has 2 aliphatic heterocycles. The summed E-state index contributed by atoms with van der Waals surface area (Å²) < 4.78 is 9.72. The average molecular weight is 817 g/mol. The number of hydrogen-bond acceptors (Lipinski definition) is 8.